The molecule has 5 aromatic rings. The van der Waals surface area contributed by atoms with Gasteiger partial charge >= 0.3 is 0 Å². The lowest BCUT2D eigenvalue weighted by atomic mass is 9.95. The first-order valence-corrected chi connectivity index (χ1v) is 12.7. The van der Waals surface area contributed by atoms with Crippen LogP contribution in [0.1, 0.15) is 5.56 Å². The molecule has 0 aliphatic carbocycles. The maximum absolute atomic E-state index is 15.4. The van der Waals surface area contributed by atoms with Gasteiger partial charge in [-0.25, -0.2) is 0 Å². The minimum absolute atomic E-state index is 0.638. The van der Waals surface area contributed by atoms with Crippen LogP contribution < -0.4 is 20.7 Å². The Morgan fingerprint density at radius 1 is 0.606 bits per heavy atom. The highest BCUT2D eigenvalue weighted by Gasteiger charge is 2.35. The van der Waals surface area contributed by atoms with Crippen molar-refractivity contribution in [1.29, 1.82) is 0 Å². The van der Waals surface area contributed by atoms with Gasteiger partial charge in [0.25, 0.3) is 0 Å². The molecule has 33 heavy (non-hydrogen) atoms. The monoisotopic (exact) mass is 448 g/mol. The Bertz CT molecular complexity index is 1430. The number of hydrogen-bond acceptors (Lipinski definition) is 2. The van der Waals surface area contributed by atoms with Crippen molar-refractivity contribution in [2.45, 2.75) is 6.92 Å². The Hall–Kier alpha value is -3.61. The molecule has 0 saturated heterocycles. The van der Waals surface area contributed by atoms with E-state index in [1.807, 2.05) is 72.8 Å². The molecule has 0 radical (unpaired) electrons. The molecule has 2 nitrogen and oxygen atoms in total. The molecule has 0 aromatic heterocycles. The summed E-state index contributed by atoms with van der Waals surface area (Å²) >= 11 is 0. The second-order valence-electron chi connectivity index (χ2n) is 8.12. The maximum atomic E-state index is 15.4. The molecule has 0 N–H and O–H groups in total. The number of rotatable bonds is 5. The molecular weight excluding hydrogens is 423 g/mol. The number of hydrogen-bond donors (Lipinski definition) is 0. The lowest BCUT2D eigenvalue weighted by Gasteiger charge is -2.25. The SMILES string of the molecule is COc1ccc2cccc(-c3ccccc3C)c2c1P(=O)(c1ccccc1)c1ccccc1. The largest absolute Gasteiger partial charge is 0.496 e. The molecule has 3 heteroatoms. The molecule has 0 aliphatic heterocycles. The van der Waals surface area contributed by atoms with Crippen LogP contribution in [0, 0.1) is 6.92 Å². The van der Waals surface area contributed by atoms with Crippen molar-refractivity contribution in [3.05, 3.63) is 121 Å². The standard InChI is InChI=1S/C30H25O2P/c1-22-12-9-10-18-26(22)27-19-11-13-23-20-21-28(32-2)30(29(23)27)33(31,24-14-5-3-6-15-24)25-16-7-4-8-17-25/h3-21H,1-2H3. The van der Waals surface area contributed by atoms with Gasteiger partial charge in [0, 0.05) is 16.0 Å². The van der Waals surface area contributed by atoms with Gasteiger partial charge in [0.2, 0.25) is 0 Å². The lowest BCUT2D eigenvalue weighted by molar-refractivity contribution is 0.418. The van der Waals surface area contributed by atoms with Gasteiger partial charge in [0.1, 0.15) is 5.75 Å². The van der Waals surface area contributed by atoms with Crippen molar-refractivity contribution in [2.24, 2.45) is 0 Å². The highest BCUT2D eigenvalue weighted by molar-refractivity contribution is 7.86. The number of aryl methyl sites for hydroxylation is 1. The first-order valence-electron chi connectivity index (χ1n) is 11.0. The van der Waals surface area contributed by atoms with E-state index in [2.05, 4.69) is 49.4 Å². The minimum atomic E-state index is -3.26. The molecule has 0 unspecified atom stereocenters. The first kappa shape index (κ1) is 21.2. The zero-order chi connectivity index (χ0) is 22.8. The summed E-state index contributed by atoms with van der Waals surface area (Å²) in [5, 5.41) is 4.35. The van der Waals surface area contributed by atoms with E-state index in [0.717, 1.165) is 37.8 Å². The zero-order valence-electron chi connectivity index (χ0n) is 18.7. The molecule has 5 rings (SSSR count). The summed E-state index contributed by atoms with van der Waals surface area (Å²) in [5.41, 5.74) is 3.37. The summed E-state index contributed by atoms with van der Waals surface area (Å²) in [6.07, 6.45) is 0. The second kappa shape index (κ2) is 8.73. The summed E-state index contributed by atoms with van der Waals surface area (Å²) in [6, 6.07) is 38.2. The van der Waals surface area contributed by atoms with E-state index < -0.39 is 7.14 Å². The van der Waals surface area contributed by atoms with E-state index in [1.165, 1.54) is 5.56 Å². The van der Waals surface area contributed by atoms with Crippen LogP contribution in [0.2, 0.25) is 0 Å². The van der Waals surface area contributed by atoms with Gasteiger partial charge in [0.05, 0.1) is 12.4 Å². The van der Waals surface area contributed by atoms with Crippen LogP contribution in [-0.4, -0.2) is 7.11 Å². The third-order valence-electron chi connectivity index (χ3n) is 6.19. The molecular formula is C30H25O2P. The summed E-state index contributed by atoms with van der Waals surface area (Å²) in [4.78, 5) is 0. The Kier molecular flexibility index (Phi) is 5.62. The normalized spacial score (nSPS) is 11.5. The van der Waals surface area contributed by atoms with E-state index in [9.17, 15) is 0 Å². The molecule has 0 heterocycles. The van der Waals surface area contributed by atoms with Crippen molar-refractivity contribution in [1.82, 2.24) is 0 Å². The van der Waals surface area contributed by atoms with Gasteiger partial charge in [0.15, 0.2) is 7.14 Å². The number of ether oxygens (including phenoxy) is 1. The fourth-order valence-electron chi connectivity index (χ4n) is 4.60. The highest BCUT2D eigenvalue weighted by Crippen LogP contribution is 2.49. The van der Waals surface area contributed by atoms with Crippen LogP contribution in [0.25, 0.3) is 21.9 Å². The average molecular weight is 449 g/mol. The Balaban J connectivity index is 1.98. The Labute approximate surface area is 194 Å². The van der Waals surface area contributed by atoms with Crippen LogP contribution in [0.3, 0.4) is 0 Å². The fraction of sp³-hybridized carbons (Fsp3) is 0.0667. The lowest BCUT2D eigenvalue weighted by Crippen LogP contribution is -2.27. The molecule has 0 spiro atoms. The highest BCUT2D eigenvalue weighted by atomic mass is 31.2. The van der Waals surface area contributed by atoms with E-state index in [-0.39, 0.29) is 0 Å². The summed E-state index contributed by atoms with van der Waals surface area (Å²) < 4.78 is 21.3. The first-order chi connectivity index (χ1) is 16.1. The summed E-state index contributed by atoms with van der Waals surface area (Å²) in [7, 11) is -1.61. The summed E-state index contributed by atoms with van der Waals surface area (Å²) in [5.74, 6) is 0.638. The molecule has 0 saturated carbocycles. The number of fused-ring (bicyclic) bond motifs is 1. The van der Waals surface area contributed by atoms with Crippen LogP contribution in [0.4, 0.5) is 0 Å². The van der Waals surface area contributed by atoms with Crippen molar-refractivity contribution in [3.63, 3.8) is 0 Å². The number of benzene rings is 5. The molecule has 162 valence electrons. The second-order valence-corrected chi connectivity index (χ2v) is 10.8. The minimum Gasteiger partial charge on any atom is -0.496 e. The van der Waals surface area contributed by atoms with Crippen molar-refractivity contribution >= 4 is 33.8 Å². The molecule has 5 aromatic carbocycles. The van der Waals surface area contributed by atoms with E-state index >= 15 is 4.57 Å². The van der Waals surface area contributed by atoms with E-state index in [1.54, 1.807) is 7.11 Å². The van der Waals surface area contributed by atoms with Crippen molar-refractivity contribution in [2.75, 3.05) is 7.11 Å². The quantitative estimate of drug-likeness (QED) is 0.288. The van der Waals surface area contributed by atoms with Crippen LogP contribution in [0.5, 0.6) is 5.75 Å². The topological polar surface area (TPSA) is 26.3 Å². The summed E-state index contributed by atoms with van der Waals surface area (Å²) in [6.45, 7) is 2.11. The van der Waals surface area contributed by atoms with Gasteiger partial charge in [-0.05, 0) is 35.1 Å². The van der Waals surface area contributed by atoms with Gasteiger partial charge in [-0.15, -0.1) is 0 Å². The fourth-order valence-corrected chi connectivity index (χ4v) is 7.64. The molecule has 0 fully saturated rings. The third-order valence-corrected chi connectivity index (χ3v) is 9.32. The molecule has 0 aliphatic rings. The smallest absolute Gasteiger partial charge is 0.175 e. The Morgan fingerprint density at radius 3 is 1.79 bits per heavy atom. The van der Waals surface area contributed by atoms with Crippen molar-refractivity contribution in [3.8, 4) is 16.9 Å². The number of methoxy groups -OCH3 is 1. The average Bonchev–Trinajstić information content (AvgIpc) is 2.88. The van der Waals surface area contributed by atoms with E-state index in [4.69, 9.17) is 4.74 Å². The van der Waals surface area contributed by atoms with Crippen LogP contribution in [0.15, 0.2) is 115 Å². The van der Waals surface area contributed by atoms with Crippen molar-refractivity contribution < 1.29 is 9.30 Å². The van der Waals surface area contributed by atoms with Crippen LogP contribution in [-0.2, 0) is 4.57 Å². The Morgan fingerprint density at radius 2 is 1.18 bits per heavy atom. The predicted molar refractivity (Wildman–Crippen MR) is 140 cm³/mol. The molecule has 0 bridgehead atoms. The maximum Gasteiger partial charge on any atom is 0.175 e. The molecule has 0 amide bonds. The zero-order valence-corrected chi connectivity index (χ0v) is 19.6. The van der Waals surface area contributed by atoms with Gasteiger partial charge in [-0.2, -0.15) is 0 Å². The third kappa shape index (κ3) is 3.57. The van der Waals surface area contributed by atoms with Crippen LogP contribution >= 0.6 is 7.14 Å². The van der Waals surface area contributed by atoms with Gasteiger partial charge in [-0.3, -0.25) is 0 Å². The van der Waals surface area contributed by atoms with Gasteiger partial charge < -0.3 is 9.30 Å². The van der Waals surface area contributed by atoms with Gasteiger partial charge in [-0.1, -0.05) is 109 Å². The van der Waals surface area contributed by atoms with E-state index in [0.29, 0.717) is 5.75 Å². The molecule has 0 atom stereocenters. The predicted octanol–water partition coefficient (Wildman–Crippen LogP) is 6.46.